The van der Waals surface area contributed by atoms with E-state index in [0.717, 1.165) is 29.2 Å². The Balaban J connectivity index is 1.72. The zero-order valence-electron chi connectivity index (χ0n) is 15.7. The van der Waals surface area contributed by atoms with E-state index in [1.165, 1.54) is 0 Å². The monoisotopic (exact) mass is 388 g/mol. The third-order valence-electron chi connectivity index (χ3n) is 4.87. The molecule has 1 saturated heterocycles. The van der Waals surface area contributed by atoms with Gasteiger partial charge in [0.05, 0.1) is 20.3 Å². The van der Waals surface area contributed by atoms with Crippen molar-refractivity contribution >= 4 is 17.5 Å². The molecule has 3 rings (SSSR count). The third kappa shape index (κ3) is 4.73. The molecule has 0 aromatic heterocycles. The lowest BCUT2D eigenvalue weighted by molar-refractivity contribution is -0.134. The van der Waals surface area contributed by atoms with Gasteiger partial charge in [-0.05, 0) is 35.7 Å². The third-order valence-corrected chi connectivity index (χ3v) is 5.21. The predicted octanol–water partition coefficient (Wildman–Crippen LogP) is 3.46. The van der Waals surface area contributed by atoms with Gasteiger partial charge in [0.15, 0.2) is 0 Å². The molecule has 1 unspecified atom stereocenters. The number of ether oxygens (including phenoxy) is 2. The Hall–Kier alpha value is -2.24. The molecule has 1 heterocycles. The second-order valence-corrected chi connectivity index (χ2v) is 6.96. The van der Waals surface area contributed by atoms with E-state index in [0.29, 0.717) is 31.0 Å². The summed E-state index contributed by atoms with van der Waals surface area (Å²) in [5.74, 6) is 1.59. The summed E-state index contributed by atoms with van der Waals surface area (Å²) < 4.78 is 10.6. The summed E-state index contributed by atoms with van der Waals surface area (Å²) in [7, 11) is 3.25. The number of piperazine rings is 1. The molecule has 1 atom stereocenters. The molecule has 2 aromatic carbocycles. The lowest BCUT2D eigenvalue weighted by Crippen LogP contribution is -2.48. The molecule has 1 N–H and O–H groups in total. The van der Waals surface area contributed by atoms with Crippen molar-refractivity contribution in [2.24, 2.45) is 0 Å². The minimum absolute atomic E-state index is 0.0419. The van der Waals surface area contributed by atoms with Crippen molar-refractivity contribution in [3.63, 3.8) is 0 Å². The van der Waals surface area contributed by atoms with Crippen LogP contribution in [0.3, 0.4) is 0 Å². The Morgan fingerprint density at radius 2 is 1.89 bits per heavy atom. The number of nitrogens with zero attached hydrogens (tertiary/aromatic N) is 1. The maximum Gasteiger partial charge on any atom is 0.223 e. The second kappa shape index (κ2) is 9.11. The largest absolute Gasteiger partial charge is 0.497 e. The van der Waals surface area contributed by atoms with Crippen LogP contribution in [-0.4, -0.2) is 44.7 Å². The first-order chi connectivity index (χ1) is 13.1. The molecular formula is C21H25ClN2O3. The van der Waals surface area contributed by atoms with Crippen LogP contribution in [0.4, 0.5) is 0 Å². The van der Waals surface area contributed by atoms with Crippen LogP contribution in [0.1, 0.15) is 23.6 Å². The number of hydrogen-bond donors (Lipinski definition) is 1. The number of carbonyl (C=O) groups is 1. The number of carbonyl (C=O) groups excluding carboxylic acids is 1. The van der Waals surface area contributed by atoms with E-state index in [-0.39, 0.29) is 11.9 Å². The van der Waals surface area contributed by atoms with Gasteiger partial charge in [0.2, 0.25) is 5.91 Å². The summed E-state index contributed by atoms with van der Waals surface area (Å²) in [5.41, 5.74) is 2.01. The molecule has 6 heteroatoms. The summed E-state index contributed by atoms with van der Waals surface area (Å²) in [5, 5.41) is 4.06. The molecule has 144 valence electrons. The molecule has 0 spiro atoms. The Kier molecular flexibility index (Phi) is 6.58. The summed E-state index contributed by atoms with van der Waals surface area (Å²) >= 11 is 6.37. The number of aryl methyl sites for hydroxylation is 1. The molecule has 2 aromatic rings. The first-order valence-electron chi connectivity index (χ1n) is 9.09. The zero-order valence-corrected chi connectivity index (χ0v) is 16.5. The van der Waals surface area contributed by atoms with Crippen molar-refractivity contribution in [2.45, 2.75) is 18.9 Å². The maximum atomic E-state index is 13.0. The molecule has 1 fully saturated rings. The van der Waals surface area contributed by atoms with Crippen LogP contribution in [0.2, 0.25) is 5.02 Å². The van der Waals surface area contributed by atoms with Gasteiger partial charge in [0.25, 0.3) is 0 Å². The van der Waals surface area contributed by atoms with Crippen LogP contribution in [-0.2, 0) is 11.2 Å². The fraction of sp³-hybridized carbons (Fsp3) is 0.381. The summed E-state index contributed by atoms with van der Waals surface area (Å²) in [4.78, 5) is 14.9. The molecule has 1 aliphatic rings. The van der Waals surface area contributed by atoms with Crippen molar-refractivity contribution in [3.05, 3.63) is 58.6 Å². The first kappa shape index (κ1) is 19.5. The van der Waals surface area contributed by atoms with Crippen molar-refractivity contribution in [2.75, 3.05) is 33.9 Å². The topological polar surface area (TPSA) is 50.8 Å². The molecule has 0 bridgehead atoms. The van der Waals surface area contributed by atoms with Gasteiger partial charge in [-0.25, -0.2) is 0 Å². The van der Waals surface area contributed by atoms with E-state index in [2.05, 4.69) is 5.32 Å². The molecular weight excluding hydrogens is 364 g/mol. The highest BCUT2D eigenvalue weighted by molar-refractivity contribution is 6.31. The van der Waals surface area contributed by atoms with Gasteiger partial charge in [0, 0.05) is 37.1 Å². The van der Waals surface area contributed by atoms with Crippen molar-refractivity contribution < 1.29 is 14.3 Å². The molecule has 5 nitrogen and oxygen atoms in total. The highest BCUT2D eigenvalue weighted by Crippen LogP contribution is 2.29. The number of benzene rings is 2. The molecule has 0 radical (unpaired) electrons. The summed E-state index contributed by atoms with van der Waals surface area (Å²) in [6.45, 7) is 2.18. The van der Waals surface area contributed by atoms with Crippen molar-refractivity contribution in [1.82, 2.24) is 10.2 Å². The summed E-state index contributed by atoms with van der Waals surface area (Å²) in [6.07, 6.45) is 1.06. The Bertz CT molecular complexity index is 774. The minimum Gasteiger partial charge on any atom is -0.497 e. The predicted molar refractivity (Wildman–Crippen MR) is 107 cm³/mol. The van der Waals surface area contributed by atoms with Gasteiger partial charge in [-0.1, -0.05) is 29.8 Å². The average molecular weight is 389 g/mol. The van der Waals surface area contributed by atoms with Crippen LogP contribution in [0.5, 0.6) is 11.5 Å². The molecule has 1 aliphatic heterocycles. The Morgan fingerprint density at radius 3 is 2.56 bits per heavy atom. The van der Waals surface area contributed by atoms with Gasteiger partial charge < -0.3 is 19.7 Å². The van der Waals surface area contributed by atoms with Crippen LogP contribution < -0.4 is 14.8 Å². The van der Waals surface area contributed by atoms with Crippen molar-refractivity contribution in [3.8, 4) is 11.5 Å². The van der Waals surface area contributed by atoms with E-state index in [9.17, 15) is 4.79 Å². The second-order valence-electron chi connectivity index (χ2n) is 6.55. The van der Waals surface area contributed by atoms with Crippen molar-refractivity contribution in [1.29, 1.82) is 0 Å². The van der Waals surface area contributed by atoms with E-state index in [1.54, 1.807) is 14.2 Å². The van der Waals surface area contributed by atoms with Gasteiger partial charge in [-0.2, -0.15) is 0 Å². The number of nitrogens with one attached hydrogen (secondary N) is 1. The number of amides is 1. The zero-order chi connectivity index (χ0) is 19.2. The molecule has 27 heavy (non-hydrogen) atoms. The van der Waals surface area contributed by atoms with Gasteiger partial charge in [0.1, 0.15) is 11.5 Å². The smallest absolute Gasteiger partial charge is 0.223 e. The number of halogens is 1. The fourth-order valence-electron chi connectivity index (χ4n) is 3.43. The number of hydrogen-bond acceptors (Lipinski definition) is 4. The van der Waals surface area contributed by atoms with Crippen LogP contribution in [0.15, 0.2) is 42.5 Å². The Morgan fingerprint density at radius 1 is 1.19 bits per heavy atom. The highest BCUT2D eigenvalue weighted by Gasteiger charge is 2.28. The summed E-state index contributed by atoms with van der Waals surface area (Å²) in [6, 6.07) is 13.4. The van der Waals surface area contributed by atoms with E-state index in [1.807, 2.05) is 47.4 Å². The lowest BCUT2D eigenvalue weighted by Gasteiger charge is -2.37. The van der Waals surface area contributed by atoms with Crippen LogP contribution in [0, 0.1) is 0 Å². The minimum atomic E-state index is -0.0419. The van der Waals surface area contributed by atoms with Crippen LogP contribution >= 0.6 is 11.6 Å². The standard InChI is InChI=1S/C21H25ClN2O3/c1-26-16-11-15(12-17(13-16)27-2)7-8-21(25)24-10-9-23-14-20(24)18-5-3-4-6-19(18)22/h3-6,11-13,20,23H,7-10,14H2,1-2H3. The fourth-order valence-corrected chi connectivity index (χ4v) is 3.69. The lowest BCUT2D eigenvalue weighted by atomic mass is 10.0. The SMILES string of the molecule is COc1cc(CCC(=O)N2CCNCC2c2ccccc2Cl)cc(OC)c1. The first-order valence-corrected chi connectivity index (χ1v) is 9.46. The van der Waals surface area contributed by atoms with Gasteiger partial charge >= 0.3 is 0 Å². The van der Waals surface area contributed by atoms with Gasteiger partial charge in [-0.15, -0.1) is 0 Å². The highest BCUT2D eigenvalue weighted by atomic mass is 35.5. The molecule has 1 amide bonds. The van der Waals surface area contributed by atoms with E-state index < -0.39 is 0 Å². The quantitative estimate of drug-likeness (QED) is 0.823. The maximum absolute atomic E-state index is 13.0. The number of methoxy groups -OCH3 is 2. The van der Waals surface area contributed by atoms with Gasteiger partial charge in [-0.3, -0.25) is 4.79 Å². The molecule has 0 saturated carbocycles. The average Bonchev–Trinajstić information content (AvgIpc) is 2.72. The van der Waals surface area contributed by atoms with Crippen LogP contribution in [0.25, 0.3) is 0 Å². The van der Waals surface area contributed by atoms with E-state index >= 15 is 0 Å². The number of rotatable bonds is 6. The molecule has 0 aliphatic carbocycles. The van der Waals surface area contributed by atoms with E-state index in [4.69, 9.17) is 21.1 Å². The normalized spacial score (nSPS) is 16.9. The Labute approximate surface area is 165 Å².